The van der Waals surface area contributed by atoms with Gasteiger partial charge in [-0.2, -0.15) is 0 Å². The van der Waals surface area contributed by atoms with Crippen LogP contribution in [0.3, 0.4) is 0 Å². The molecule has 0 spiro atoms. The molecule has 102 valence electrons. The summed E-state index contributed by atoms with van der Waals surface area (Å²) in [5.74, 6) is 0.462. The Morgan fingerprint density at radius 1 is 1.35 bits per heavy atom. The fraction of sp³-hybridized carbons (Fsp3) is 1.00. The summed E-state index contributed by atoms with van der Waals surface area (Å²) < 4.78 is 27.9. The van der Waals surface area contributed by atoms with Crippen LogP contribution >= 0.6 is 0 Å². The van der Waals surface area contributed by atoms with Crippen molar-refractivity contribution in [1.82, 2.24) is 10.2 Å². The Hall–Kier alpha value is -0.170. The lowest BCUT2D eigenvalue weighted by atomic mass is 10.3. The molecule has 0 amide bonds. The van der Waals surface area contributed by atoms with Crippen molar-refractivity contribution in [3.05, 3.63) is 0 Å². The van der Waals surface area contributed by atoms with Crippen LogP contribution < -0.4 is 5.32 Å². The Morgan fingerprint density at radius 2 is 2.00 bits per heavy atom. The summed E-state index contributed by atoms with van der Waals surface area (Å²) in [7, 11) is -2.84. The summed E-state index contributed by atoms with van der Waals surface area (Å²) in [6.45, 7) is 8.82. The Balaban J connectivity index is 2.14. The third-order valence-corrected chi connectivity index (χ3v) is 4.69. The van der Waals surface area contributed by atoms with Crippen LogP contribution in [0.4, 0.5) is 0 Å². The van der Waals surface area contributed by atoms with Crippen molar-refractivity contribution in [2.24, 2.45) is 0 Å². The Labute approximate surface area is 104 Å². The SMILES string of the molecule is CCS(=O)(=O)CCNC(C)CN1CCOCC1. The molecule has 1 unspecified atom stereocenters. The fourth-order valence-corrected chi connectivity index (χ4v) is 2.56. The minimum absolute atomic E-state index is 0.229. The van der Waals surface area contributed by atoms with Crippen LogP contribution in [0.15, 0.2) is 0 Å². The highest BCUT2D eigenvalue weighted by molar-refractivity contribution is 7.91. The van der Waals surface area contributed by atoms with E-state index in [-0.39, 0.29) is 11.5 Å². The van der Waals surface area contributed by atoms with E-state index in [1.807, 2.05) is 0 Å². The normalized spacial score (nSPS) is 20.4. The molecular formula is C11H24N2O3S. The van der Waals surface area contributed by atoms with Crippen molar-refractivity contribution in [2.75, 3.05) is 50.9 Å². The van der Waals surface area contributed by atoms with Gasteiger partial charge in [-0.25, -0.2) is 8.42 Å². The van der Waals surface area contributed by atoms with E-state index in [4.69, 9.17) is 4.74 Å². The van der Waals surface area contributed by atoms with E-state index in [9.17, 15) is 8.42 Å². The maximum Gasteiger partial charge on any atom is 0.151 e. The Kier molecular flexibility index (Phi) is 6.40. The molecule has 17 heavy (non-hydrogen) atoms. The molecule has 1 saturated heterocycles. The first kappa shape index (κ1) is 14.9. The van der Waals surface area contributed by atoms with E-state index in [0.29, 0.717) is 12.6 Å². The molecule has 1 rings (SSSR count). The largest absolute Gasteiger partial charge is 0.379 e. The monoisotopic (exact) mass is 264 g/mol. The van der Waals surface area contributed by atoms with Gasteiger partial charge in [-0.3, -0.25) is 4.90 Å². The summed E-state index contributed by atoms with van der Waals surface area (Å²) >= 11 is 0. The third kappa shape index (κ3) is 6.35. The van der Waals surface area contributed by atoms with Gasteiger partial charge in [0.05, 0.1) is 19.0 Å². The van der Waals surface area contributed by atoms with E-state index in [0.717, 1.165) is 32.8 Å². The molecule has 6 heteroatoms. The summed E-state index contributed by atoms with van der Waals surface area (Å²) in [5, 5.41) is 3.26. The average Bonchev–Trinajstić information content (AvgIpc) is 2.30. The number of rotatable bonds is 7. The molecule has 1 fully saturated rings. The second-order valence-corrected chi connectivity index (χ2v) is 6.98. The van der Waals surface area contributed by atoms with Crippen LogP contribution in [0, 0.1) is 0 Å². The molecule has 1 aliphatic rings. The second kappa shape index (κ2) is 7.31. The van der Waals surface area contributed by atoms with Gasteiger partial charge < -0.3 is 10.1 Å². The number of hydrogen-bond acceptors (Lipinski definition) is 5. The maximum atomic E-state index is 11.3. The first-order valence-corrected chi connectivity index (χ1v) is 8.09. The topological polar surface area (TPSA) is 58.6 Å². The smallest absolute Gasteiger partial charge is 0.151 e. The van der Waals surface area contributed by atoms with Crippen molar-refractivity contribution >= 4 is 9.84 Å². The number of hydrogen-bond donors (Lipinski definition) is 1. The molecule has 0 radical (unpaired) electrons. The van der Waals surface area contributed by atoms with Crippen molar-refractivity contribution in [1.29, 1.82) is 0 Å². The van der Waals surface area contributed by atoms with Gasteiger partial charge in [-0.05, 0) is 6.92 Å². The van der Waals surface area contributed by atoms with Crippen molar-refractivity contribution in [3.63, 3.8) is 0 Å². The molecule has 0 aromatic rings. The minimum Gasteiger partial charge on any atom is -0.379 e. The van der Waals surface area contributed by atoms with Crippen LogP contribution in [0.1, 0.15) is 13.8 Å². The van der Waals surface area contributed by atoms with Crippen molar-refractivity contribution < 1.29 is 13.2 Å². The molecule has 0 aliphatic carbocycles. The zero-order valence-electron chi connectivity index (χ0n) is 10.8. The van der Waals surface area contributed by atoms with Crippen LogP contribution in [-0.4, -0.2) is 70.3 Å². The summed E-state index contributed by atoms with van der Waals surface area (Å²) in [6.07, 6.45) is 0. The lowest BCUT2D eigenvalue weighted by Gasteiger charge is -2.29. The highest BCUT2D eigenvalue weighted by Crippen LogP contribution is 1.98. The summed E-state index contributed by atoms with van der Waals surface area (Å²) in [5.41, 5.74) is 0. The van der Waals surface area contributed by atoms with Crippen molar-refractivity contribution in [2.45, 2.75) is 19.9 Å². The van der Waals surface area contributed by atoms with Crippen LogP contribution in [0.5, 0.6) is 0 Å². The highest BCUT2D eigenvalue weighted by atomic mass is 32.2. The lowest BCUT2D eigenvalue weighted by Crippen LogP contribution is -2.45. The van der Waals surface area contributed by atoms with E-state index < -0.39 is 9.84 Å². The average molecular weight is 264 g/mol. The number of nitrogens with one attached hydrogen (secondary N) is 1. The summed E-state index contributed by atoms with van der Waals surface area (Å²) in [6, 6.07) is 0.320. The van der Waals surface area contributed by atoms with Gasteiger partial charge in [0.1, 0.15) is 0 Å². The standard InChI is InChI=1S/C11H24N2O3S/c1-3-17(14,15)9-4-12-11(2)10-13-5-7-16-8-6-13/h11-12H,3-10H2,1-2H3. The van der Waals surface area contributed by atoms with Gasteiger partial charge in [-0.1, -0.05) is 6.92 Å². The van der Waals surface area contributed by atoms with E-state index in [2.05, 4.69) is 17.1 Å². The number of nitrogens with zero attached hydrogens (tertiary/aromatic N) is 1. The number of ether oxygens (including phenoxy) is 1. The zero-order chi connectivity index (χ0) is 12.7. The van der Waals surface area contributed by atoms with Crippen molar-refractivity contribution in [3.8, 4) is 0 Å². The molecule has 0 bridgehead atoms. The first-order chi connectivity index (χ1) is 8.03. The van der Waals surface area contributed by atoms with E-state index in [1.54, 1.807) is 6.92 Å². The Bertz CT molecular complexity index is 300. The van der Waals surface area contributed by atoms with Gasteiger partial charge in [0.15, 0.2) is 9.84 Å². The third-order valence-electron chi connectivity index (χ3n) is 2.98. The van der Waals surface area contributed by atoms with Gasteiger partial charge in [0.2, 0.25) is 0 Å². The predicted molar refractivity (Wildman–Crippen MR) is 69.1 cm³/mol. The van der Waals surface area contributed by atoms with E-state index in [1.165, 1.54) is 0 Å². The second-order valence-electron chi connectivity index (χ2n) is 4.50. The molecule has 0 saturated carbocycles. The van der Waals surface area contributed by atoms with Gasteiger partial charge in [-0.15, -0.1) is 0 Å². The predicted octanol–water partition coefficient (Wildman–Crippen LogP) is -0.269. The molecule has 1 atom stereocenters. The van der Waals surface area contributed by atoms with Crippen LogP contribution in [-0.2, 0) is 14.6 Å². The molecular weight excluding hydrogens is 240 g/mol. The summed E-state index contributed by atoms with van der Waals surface area (Å²) in [4.78, 5) is 2.34. The lowest BCUT2D eigenvalue weighted by molar-refractivity contribution is 0.0345. The maximum absolute atomic E-state index is 11.3. The molecule has 5 nitrogen and oxygen atoms in total. The van der Waals surface area contributed by atoms with Crippen LogP contribution in [0.25, 0.3) is 0 Å². The highest BCUT2D eigenvalue weighted by Gasteiger charge is 2.14. The quantitative estimate of drug-likeness (QED) is 0.686. The number of morpholine rings is 1. The molecule has 1 N–H and O–H groups in total. The number of sulfone groups is 1. The first-order valence-electron chi connectivity index (χ1n) is 6.27. The fourth-order valence-electron chi connectivity index (χ4n) is 1.84. The zero-order valence-corrected chi connectivity index (χ0v) is 11.6. The molecule has 1 aliphatic heterocycles. The minimum atomic E-state index is -2.84. The van der Waals surface area contributed by atoms with Gasteiger partial charge in [0, 0.05) is 38.0 Å². The molecule has 1 heterocycles. The molecule has 0 aromatic heterocycles. The van der Waals surface area contributed by atoms with E-state index >= 15 is 0 Å². The van der Waals surface area contributed by atoms with Gasteiger partial charge in [0.25, 0.3) is 0 Å². The Morgan fingerprint density at radius 3 is 2.59 bits per heavy atom. The van der Waals surface area contributed by atoms with Crippen LogP contribution in [0.2, 0.25) is 0 Å². The van der Waals surface area contributed by atoms with Gasteiger partial charge >= 0.3 is 0 Å². The molecule has 0 aromatic carbocycles.